The largest absolute Gasteiger partial charge is 0.504 e. The first-order chi connectivity index (χ1) is 18.0. The molecule has 38 heavy (non-hydrogen) atoms. The molecule has 5 rings (SSSR count). The van der Waals surface area contributed by atoms with Crippen molar-refractivity contribution in [2.45, 2.75) is 35.9 Å². The van der Waals surface area contributed by atoms with Gasteiger partial charge in [0.05, 0.1) is 24.4 Å². The third-order valence-electron chi connectivity index (χ3n) is 8.29. The first kappa shape index (κ1) is 27.2. The second-order valence-corrected chi connectivity index (χ2v) is 11.9. The number of likely N-dealkylation sites (tertiary alicyclic amines) is 2. The van der Waals surface area contributed by atoms with Crippen LogP contribution in [0.4, 0.5) is 0 Å². The predicted octanol–water partition coefficient (Wildman–Crippen LogP) is 4.07. The van der Waals surface area contributed by atoms with Gasteiger partial charge in [-0.05, 0) is 42.9 Å². The third-order valence-corrected chi connectivity index (χ3v) is 10.2. The van der Waals surface area contributed by atoms with Crippen LogP contribution < -0.4 is 4.74 Å². The van der Waals surface area contributed by atoms with Crippen molar-refractivity contribution in [3.8, 4) is 11.5 Å². The number of halogens is 3. The number of fused-ring (bicyclic) bond motifs is 4. The second kappa shape index (κ2) is 9.68. The number of alkyl halides is 3. The topological polar surface area (TPSA) is 104 Å². The van der Waals surface area contributed by atoms with Gasteiger partial charge in [-0.15, -0.1) is 23.2 Å². The highest BCUT2D eigenvalue weighted by atomic mass is 79.9. The van der Waals surface area contributed by atoms with Crippen molar-refractivity contribution in [1.29, 1.82) is 0 Å². The van der Waals surface area contributed by atoms with Crippen LogP contribution in [0.5, 0.6) is 11.5 Å². The van der Waals surface area contributed by atoms with Crippen LogP contribution in [0, 0.1) is 23.7 Å². The highest BCUT2D eigenvalue weighted by Crippen LogP contribution is 2.63. The molecule has 2 aliphatic carbocycles. The molecule has 1 aromatic carbocycles. The Morgan fingerprint density at radius 3 is 2.53 bits per heavy atom. The highest BCUT2D eigenvalue weighted by Gasteiger charge is 2.75. The molecule has 1 N–H and O–H groups in total. The Balaban J connectivity index is 1.64. The number of amides is 4. The van der Waals surface area contributed by atoms with Crippen LogP contribution in [0.25, 0.3) is 6.08 Å². The van der Waals surface area contributed by atoms with Gasteiger partial charge in [0, 0.05) is 12.5 Å². The van der Waals surface area contributed by atoms with E-state index >= 15 is 0 Å². The molecule has 11 heteroatoms. The Morgan fingerprint density at radius 1 is 1.13 bits per heavy atom. The van der Waals surface area contributed by atoms with Crippen molar-refractivity contribution in [2.24, 2.45) is 23.7 Å². The molecule has 0 bridgehead atoms. The molecule has 202 valence electrons. The normalized spacial score (nSPS) is 34.5. The summed E-state index contributed by atoms with van der Waals surface area (Å²) in [6, 6.07) is 4.78. The fourth-order valence-corrected chi connectivity index (χ4v) is 7.90. The minimum Gasteiger partial charge on any atom is -0.504 e. The monoisotopic (exact) mass is 624 g/mol. The van der Waals surface area contributed by atoms with Crippen molar-refractivity contribution < 1.29 is 29.0 Å². The molecule has 0 spiro atoms. The molecule has 1 aromatic rings. The number of benzene rings is 1. The van der Waals surface area contributed by atoms with Gasteiger partial charge < -0.3 is 9.84 Å². The van der Waals surface area contributed by atoms with Crippen LogP contribution in [0.3, 0.4) is 0 Å². The Labute approximate surface area is 238 Å². The zero-order valence-electron chi connectivity index (χ0n) is 20.8. The van der Waals surface area contributed by atoms with Gasteiger partial charge >= 0.3 is 0 Å². The van der Waals surface area contributed by atoms with Crippen molar-refractivity contribution >= 4 is 68.8 Å². The molecule has 8 nitrogen and oxygen atoms in total. The number of phenols is 1. The Morgan fingerprint density at radius 2 is 1.87 bits per heavy atom. The van der Waals surface area contributed by atoms with Crippen LogP contribution in [-0.4, -0.2) is 67.4 Å². The third kappa shape index (κ3) is 3.61. The smallest absolute Gasteiger partial charge is 0.254 e. The van der Waals surface area contributed by atoms with Crippen molar-refractivity contribution in [3.05, 3.63) is 41.5 Å². The molecular weight excluding hydrogens is 599 g/mol. The number of allylic oxidation sites excluding steroid dienone is 3. The van der Waals surface area contributed by atoms with Crippen LogP contribution in [0.15, 0.2) is 35.9 Å². The molecule has 0 aromatic heterocycles. The molecule has 6 atom stereocenters. The fraction of sp³-hybridized carbons (Fsp3) is 0.481. The molecule has 0 unspecified atom stereocenters. The van der Waals surface area contributed by atoms with E-state index in [1.54, 1.807) is 24.3 Å². The van der Waals surface area contributed by atoms with E-state index in [1.807, 2.05) is 13.0 Å². The van der Waals surface area contributed by atoms with Gasteiger partial charge in [-0.1, -0.05) is 52.7 Å². The molecule has 2 heterocycles. The van der Waals surface area contributed by atoms with Gasteiger partial charge in [0.1, 0.15) is 0 Å². The number of imide groups is 2. The molecular formula is C27H27BrCl2N2O6. The fourth-order valence-electron chi connectivity index (χ4n) is 6.52. The van der Waals surface area contributed by atoms with E-state index in [0.29, 0.717) is 24.9 Å². The lowest BCUT2D eigenvalue weighted by molar-refractivity contribution is -0.141. The molecule has 4 amide bonds. The van der Waals surface area contributed by atoms with Gasteiger partial charge in [-0.2, -0.15) is 0 Å². The maximum absolute atomic E-state index is 13.6. The minimum atomic E-state index is -1.83. The summed E-state index contributed by atoms with van der Waals surface area (Å²) >= 11 is 17.5. The molecule has 3 fully saturated rings. The van der Waals surface area contributed by atoms with Gasteiger partial charge in [-0.25, -0.2) is 0 Å². The Kier molecular flexibility index (Phi) is 6.93. The average Bonchev–Trinajstić information content (AvgIpc) is 3.22. The molecule has 1 saturated carbocycles. The van der Waals surface area contributed by atoms with Crippen molar-refractivity contribution in [3.63, 3.8) is 0 Å². The van der Waals surface area contributed by atoms with E-state index in [0.717, 1.165) is 10.5 Å². The van der Waals surface area contributed by atoms with Crippen LogP contribution >= 0.6 is 39.1 Å². The molecule has 2 saturated heterocycles. The van der Waals surface area contributed by atoms with Crippen LogP contribution in [-0.2, 0) is 19.2 Å². The van der Waals surface area contributed by atoms with Crippen molar-refractivity contribution in [1.82, 2.24) is 9.80 Å². The van der Waals surface area contributed by atoms with E-state index in [4.69, 9.17) is 27.9 Å². The SMILES string of the molecule is CCCN1C(=O)[C@H]2[C@H](CC=C3[C@H]2C[C@@]2(Cl)C(=O)N(CBr)C(=O)[C@@]2(Cl)[C@H]3C=Cc2ccc(O)c(OC)c2)C1=O. The van der Waals surface area contributed by atoms with E-state index < -0.39 is 45.2 Å². The lowest BCUT2D eigenvalue weighted by Gasteiger charge is -2.49. The maximum Gasteiger partial charge on any atom is 0.254 e. The number of rotatable bonds is 6. The Bertz CT molecular complexity index is 1300. The Hall–Kier alpha value is -2.36. The minimum absolute atomic E-state index is 0.0254. The summed E-state index contributed by atoms with van der Waals surface area (Å²) in [5.41, 5.74) is 1.32. The van der Waals surface area contributed by atoms with Gasteiger partial charge in [0.2, 0.25) is 11.8 Å². The standard InChI is InChI=1S/C27H27BrCl2N2O6/c1-3-10-31-22(34)16-7-6-15-17(21(16)23(31)35)12-26(29)24(36)32(13-28)25(37)27(26,30)18(15)8-4-14-5-9-19(33)20(11-14)38-2/h4-6,8-9,11,16-18,21,33H,3,7,10,12-13H2,1-2H3/t16-,17+,18-,21-,26+,27-/m0/s1. The lowest BCUT2D eigenvalue weighted by atomic mass is 9.57. The number of phenolic OH excluding ortho intramolecular Hbond substituents is 1. The molecule has 0 radical (unpaired) electrons. The second-order valence-electron chi connectivity index (χ2n) is 10.1. The quantitative estimate of drug-likeness (QED) is 0.221. The predicted molar refractivity (Wildman–Crippen MR) is 145 cm³/mol. The number of hydrogen-bond donors (Lipinski definition) is 1. The summed E-state index contributed by atoms with van der Waals surface area (Å²) < 4.78 is 5.20. The first-order valence-electron chi connectivity index (χ1n) is 12.5. The summed E-state index contributed by atoms with van der Waals surface area (Å²) in [7, 11) is 1.44. The van der Waals surface area contributed by atoms with Gasteiger partial charge in [-0.3, -0.25) is 29.0 Å². The van der Waals surface area contributed by atoms with Crippen LogP contribution in [0.2, 0.25) is 0 Å². The average molecular weight is 626 g/mol. The summed E-state index contributed by atoms with van der Waals surface area (Å²) in [5.74, 6) is -4.03. The van der Waals surface area contributed by atoms with E-state index in [2.05, 4.69) is 15.9 Å². The lowest BCUT2D eigenvalue weighted by Crippen LogP contribution is -2.60. The van der Waals surface area contributed by atoms with Gasteiger partial charge in [0.15, 0.2) is 21.2 Å². The summed E-state index contributed by atoms with van der Waals surface area (Å²) in [5, 5.41) is 9.97. The zero-order chi connectivity index (χ0) is 27.6. The number of carbonyl (C=O) groups excluding carboxylic acids is 4. The van der Waals surface area contributed by atoms with E-state index in [-0.39, 0.29) is 35.2 Å². The number of ether oxygens (including phenoxy) is 1. The van der Waals surface area contributed by atoms with Gasteiger partial charge in [0.25, 0.3) is 11.8 Å². The highest BCUT2D eigenvalue weighted by molar-refractivity contribution is 9.09. The number of nitrogens with zero attached hydrogens (tertiary/aromatic N) is 2. The van der Waals surface area contributed by atoms with E-state index in [9.17, 15) is 24.3 Å². The molecule has 4 aliphatic rings. The summed E-state index contributed by atoms with van der Waals surface area (Å²) in [6.45, 7) is 2.23. The number of methoxy groups -OCH3 is 1. The summed E-state index contributed by atoms with van der Waals surface area (Å²) in [4.78, 5) is 52.5. The zero-order valence-corrected chi connectivity index (χ0v) is 23.9. The number of hydrogen-bond acceptors (Lipinski definition) is 6. The number of aromatic hydroxyl groups is 1. The van der Waals surface area contributed by atoms with E-state index in [1.165, 1.54) is 18.1 Å². The van der Waals surface area contributed by atoms with Crippen LogP contribution in [0.1, 0.15) is 31.7 Å². The van der Waals surface area contributed by atoms with Crippen molar-refractivity contribution in [2.75, 3.05) is 19.1 Å². The summed E-state index contributed by atoms with van der Waals surface area (Å²) in [6.07, 6.45) is 6.29. The first-order valence-corrected chi connectivity index (χ1v) is 14.3. The molecule has 2 aliphatic heterocycles. The number of carbonyl (C=O) groups is 4. The maximum atomic E-state index is 13.6.